The Balaban J connectivity index is 2.06. The lowest BCUT2D eigenvalue weighted by atomic mass is 9.82. The third-order valence-corrected chi connectivity index (χ3v) is 5.22. The topological polar surface area (TPSA) is 82.3 Å². The van der Waals surface area contributed by atoms with Gasteiger partial charge in [-0.25, -0.2) is 9.59 Å². The molecule has 3 heterocycles. The lowest BCUT2D eigenvalue weighted by Crippen LogP contribution is -2.44. The molecule has 2 aromatic rings. The Morgan fingerprint density at radius 3 is 2.59 bits per heavy atom. The molecule has 7 nitrogen and oxygen atoms in total. The van der Waals surface area contributed by atoms with Crippen molar-refractivity contribution in [2.24, 2.45) is 7.05 Å². The van der Waals surface area contributed by atoms with Gasteiger partial charge >= 0.3 is 11.7 Å². The second-order valence-electron chi connectivity index (χ2n) is 6.64. The average molecular weight is 388 g/mol. The van der Waals surface area contributed by atoms with Gasteiger partial charge in [0, 0.05) is 18.6 Å². The summed E-state index contributed by atoms with van der Waals surface area (Å²) in [6, 6.07) is 7.00. The van der Waals surface area contributed by atoms with E-state index >= 15 is 0 Å². The summed E-state index contributed by atoms with van der Waals surface area (Å²) in [5.41, 5.74) is 1.28. The maximum Gasteiger partial charge on any atom is 0.337 e. The number of nitrogens with zero attached hydrogens (tertiary/aromatic N) is 2. The van der Waals surface area contributed by atoms with Crippen molar-refractivity contribution in [2.75, 3.05) is 11.9 Å². The fourth-order valence-electron chi connectivity index (χ4n) is 3.70. The van der Waals surface area contributed by atoms with Crippen molar-refractivity contribution in [3.05, 3.63) is 72.5 Å². The monoisotopic (exact) mass is 387 g/mol. The van der Waals surface area contributed by atoms with Crippen molar-refractivity contribution >= 4 is 23.4 Å². The van der Waals surface area contributed by atoms with E-state index in [-0.39, 0.29) is 6.61 Å². The largest absolute Gasteiger partial charge is 0.456 e. The van der Waals surface area contributed by atoms with Crippen LogP contribution < -0.4 is 16.6 Å². The number of anilines is 1. The van der Waals surface area contributed by atoms with Gasteiger partial charge in [0.1, 0.15) is 12.4 Å². The third-order valence-electron chi connectivity index (χ3n) is 4.97. The summed E-state index contributed by atoms with van der Waals surface area (Å²) >= 11 is 6.01. The van der Waals surface area contributed by atoms with Gasteiger partial charge in [0.2, 0.25) is 0 Å². The quantitative estimate of drug-likeness (QED) is 0.814. The number of rotatable bonds is 3. The molecule has 140 valence electrons. The van der Waals surface area contributed by atoms with Gasteiger partial charge in [-0.1, -0.05) is 30.7 Å². The van der Waals surface area contributed by atoms with Gasteiger partial charge in [-0.15, -0.1) is 0 Å². The molecule has 2 aliphatic heterocycles. The van der Waals surface area contributed by atoms with Crippen LogP contribution in [0.5, 0.6) is 0 Å². The van der Waals surface area contributed by atoms with E-state index in [0.717, 1.165) is 16.6 Å². The van der Waals surface area contributed by atoms with Crippen LogP contribution >= 0.6 is 11.6 Å². The van der Waals surface area contributed by atoms with E-state index in [1.165, 1.54) is 7.05 Å². The summed E-state index contributed by atoms with van der Waals surface area (Å²) in [4.78, 5) is 38.1. The van der Waals surface area contributed by atoms with Gasteiger partial charge in [-0.2, -0.15) is 0 Å². The number of hydrogen-bond acceptors (Lipinski definition) is 5. The van der Waals surface area contributed by atoms with Gasteiger partial charge in [-0.3, -0.25) is 13.9 Å². The molecule has 0 unspecified atom stereocenters. The molecule has 0 radical (unpaired) electrons. The van der Waals surface area contributed by atoms with Crippen molar-refractivity contribution in [3.8, 4) is 0 Å². The first-order valence-corrected chi connectivity index (χ1v) is 9.08. The number of esters is 1. The first-order valence-electron chi connectivity index (χ1n) is 8.70. The zero-order valence-corrected chi connectivity index (χ0v) is 15.7. The highest BCUT2D eigenvalue weighted by Gasteiger charge is 2.41. The fraction of sp³-hybridized carbons (Fsp3) is 0.316. The highest BCUT2D eigenvalue weighted by molar-refractivity contribution is 6.30. The Morgan fingerprint density at radius 2 is 1.93 bits per heavy atom. The zero-order valence-electron chi connectivity index (χ0n) is 14.9. The number of hydrogen-bond donors (Lipinski definition) is 1. The molecule has 0 spiro atoms. The Kier molecular flexibility index (Phi) is 4.19. The molecule has 0 fully saturated rings. The molecular weight excluding hydrogens is 370 g/mol. The predicted molar refractivity (Wildman–Crippen MR) is 101 cm³/mol. The van der Waals surface area contributed by atoms with Gasteiger partial charge in [-0.05, 0) is 24.1 Å². The minimum Gasteiger partial charge on any atom is -0.456 e. The van der Waals surface area contributed by atoms with Crippen LogP contribution in [-0.4, -0.2) is 21.7 Å². The number of nitrogens with one attached hydrogen (secondary N) is 1. The van der Waals surface area contributed by atoms with Crippen LogP contribution in [0, 0.1) is 0 Å². The zero-order chi connectivity index (χ0) is 19.3. The molecule has 0 amide bonds. The molecule has 1 N–H and O–H groups in total. The Hall–Kier alpha value is -2.80. The van der Waals surface area contributed by atoms with E-state index in [9.17, 15) is 14.4 Å². The summed E-state index contributed by atoms with van der Waals surface area (Å²) < 4.78 is 7.85. The molecule has 1 aromatic carbocycles. The number of carbonyl (C=O) groups excluding carboxylic acids is 1. The Morgan fingerprint density at radius 1 is 1.22 bits per heavy atom. The molecule has 1 atom stereocenters. The van der Waals surface area contributed by atoms with Gasteiger partial charge in [0.15, 0.2) is 0 Å². The maximum atomic E-state index is 13.0. The number of cyclic esters (lactones) is 1. The minimum atomic E-state index is -0.620. The predicted octanol–water partition coefficient (Wildman–Crippen LogP) is 1.98. The standard InChI is InChI=1S/C19H18ClN3O4/c1-3-8-23-16-15(17(24)22(2)19(23)26)13(10-4-6-11(20)7-5-10)14-12(21-16)9-27-18(14)25/h4-7,13,21H,3,8-9H2,1-2H3/t13-/m0/s1. The van der Waals surface area contributed by atoms with Gasteiger partial charge in [0.05, 0.1) is 22.8 Å². The lowest BCUT2D eigenvalue weighted by molar-refractivity contribution is -0.136. The van der Waals surface area contributed by atoms with Gasteiger partial charge in [0.25, 0.3) is 5.56 Å². The fourth-order valence-corrected chi connectivity index (χ4v) is 3.83. The van der Waals surface area contributed by atoms with E-state index in [4.69, 9.17) is 16.3 Å². The number of halogens is 1. The second kappa shape index (κ2) is 6.42. The number of ether oxygens (including phenoxy) is 1. The Labute approximate surface area is 159 Å². The molecular formula is C19H18ClN3O4. The molecule has 0 bridgehead atoms. The average Bonchev–Trinajstić information content (AvgIpc) is 3.03. The van der Waals surface area contributed by atoms with Gasteiger partial charge < -0.3 is 10.1 Å². The summed E-state index contributed by atoms with van der Waals surface area (Å²) in [5, 5.41) is 3.68. The van der Waals surface area contributed by atoms with Crippen molar-refractivity contribution in [3.63, 3.8) is 0 Å². The molecule has 27 heavy (non-hydrogen) atoms. The summed E-state index contributed by atoms with van der Waals surface area (Å²) in [7, 11) is 1.45. The normalized spacial score (nSPS) is 18.0. The van der Waals surface area contributed by atoms with Crippen LogP contribution in [0.4, 0.5) is 5.82 Å². The number of benzene rings is 1. The van der Waals surface area contributed by atoms with Crippen molar-refractivity contribution < 1.29 is 9.53 Å². The van der Waals surface area contributed by atoms with E-state index in [1.807, 2.05) is 6.92 Å². The highest BCUT2D eigenvalue weighted by atomic mass is 35.5. The molecule has 0 saturated heterocycles. The molecule has 2 aliphatic rings. The second-order valence-corrected chi connectivity index (χ2v) is 7.08. The van der Waals surface area contributed by atoms with Crippen LogP contribution in [-0.2, 0) is 23.1 Å². The molecule has 0 aliphatic carbocycles. The first-order chi connectivity index (χ1) is 12.9. The molecule has 8 heteroatoms. The minimum absolute atomic E-state index is 0.0905. The highest BCUT2D eigenvalue weighted by Crippen LogP contribution is 2.42. The van der Waals surface area contributed by atoms with E-state index in [2.05, 4.69) is 5.32 Å². The maximum absolute atomic E-state index is 13.0. The van der Waals surface area contributed by atoms with Crippen LogP contribution in [0.1, 0.15) is 30.4 Å². The van der Waals surface area contributed by atoms with Crippen LogP contribution in [0.15, 0.2) is 45.1 Å². The number of fused-ring (bicyclic) bond motifs is 1. The van der Waals surface area contributed by atoms with Crippen LogP contribution in [0.3, 0.4) is 0 Å². The third kappa shape index (κ3) is 2.61. The molecule has 0 saturated carbocycles. The summed E-state index contributed by atoms with van der Waals surface area (Å²) in [5.74, 6) is -0.647. The number of aromatic nitrogens is 2. The lowest BCUT2D eigenvalue weighted by Gasteiger charge is -2.29. The molecule has 4 rings (SSSR count). The van der Waals surface area contributed by atoms with Crippen molar-refractivity contribution in [2.45, 2.75) is 25.8 Å². The van der Waals surface area contributed by atoms with Crippen molar-refractivity contribution in [1.82, 2.24) is 9.13 Å². The SMILES string of the molecule is CCCn1c2c(c(=O)n(C)c1=O)[C@@H](c1ccc(Cl)cc1)C1=C(COC1=O)N2. The van der Waals surface area contributed by atoms with E-state index in [1.54, 1.807) is 28.8 Å². The molecule has 1 aromatic heterocycles. The number of carbonyl (C=O) groups is 1. The van der Waals surface area contributed by atoms with E-state index < -0.39 is 23.1 Å². The Bertz CT molecular complexity index is 1100. The summed E-state index contributed by atoms with van der Waals surface area (Å²) in [6.07, 6.45) is 0.721. The first kappa shape index (κ1) is 17.6. The van der Waals surface area contributed by atoms with Crippen LogP contribution in [0.25, 0.3) is 0 Å². The summed E-state index contributed by atoms with van der Waals surface area (Å²) in [6.45, 7) is 2.50. The van der Waals surface area contributed by atoms with Crippen LogP contribution in [0.2, 0.25) is 5.02 Å². The smallest absolute Gasteiger partial charge is 0.337 e. The van der Waals surface area contributed by atoms with Crippen molar-refractivity contribution in [1.29, 1.82) is 0 Å². The van der Waals surface area contributed by atoms with E-state index in [0.29, 0.717) is 34.2 Å².